The number of benzene rings is 1. The summed E-state index contributed by atoms with van der Waals surface area (Å²) in [5.74, 6) is 0.646. The molecule has 1 aromatic carbocycles. The van der Waals surface area contributed by atoms with Crippen LogP contribution in [0.5, 0.6) is 11.5 Å². The van der Waals surface area contributed by atoms with E-state index in [1.54, 1.807) is 25.1 Å². The van der Waals surface area contributed by atoms with Crippen molar-refractivity contribution in [1.29, 1.82) is 0 Å². The zero-order valence-electron chi connectivity index (χ0n) is 14.5. The molecule has 0 bridgehead atoms. The zero-order valence-corrected chi connectivity index (χ0v) is 14.5. The summed E-state index contributed by atoms with van der Waals surface area (Å²) in [5, 5.41) is 9.48. The number of carbonyl (C=O) groups excluding carboxylic acids is 2. The van der Waals surface area contributed by atoms with Crippen LogP contribution in [0.2, 0.25) is 0 Å². The van der Waals surface area contributed by atoms with Crippen LogP contribution in [0.1, 0.15) is 18.5 Å². The first kappa shape index (κ1) is 16.9. The second-order valence-corrected chi connectivity index (χ2v) is 5.85. The molecule has 27 heavy (non-hydrogen) atoms. The molecule has 0 fully saturated rings. The van der Waals surface area contributed by atoms with E-state index in [2.05, 4.69) is 20.7 Å². The van der Waals surface area contributed by atoms with Crippen molar-refractivity contribution in [3.8, 4) is 11.5 Å². The van der Waals surface area contributed by atoms with Crippen LogP contribution in [-0.4, -0.2) is 40.2 Å². The predicted molar refractivity (Wildman–Crippen MR) is 90.7 cm³/mol. The highest BCUT2D eigenvalue weighted by Gasteiger charge is 2.34. The van der Waals surface area contributed by atoms with Gasteiger partial charge in [-0.2, -0.15) is 5.10 Å². The van der Waals surface area contributed by atoms with Gasteiger partial charge < -0.3 is 24.8 Å². The number of rotatable bonds is 5. The minimum Gasteiger partial charge on any atom is -0.463 e. The highest BCUT2D eigenvalue weighted by Crippen LogP contribution is 2.37. The maximum Gasteiger partial charge on any atom is 0.338 e. The lowest BCUT2D eigenvalue weighted by Crippen LogP contribution is -2.46. The van der Waals surface area contributed by atoms with Crippen molar-refractivity contribution in [3.05, 3.63) is 47.7 Å². The highest BCUT2D eigenvalue weighted by atomic mass is 16.7. The fourth-order valence-corrected chi connectivity index (χ4v) is 3.01. The number of carbonyl (C=O) groups is 2. The number of amides is 2. The smallest absolute Gasteiger partial charge is 0.338 e. The van der Waals surface area contributed by atoms with E-state index in [-0.39, 0.29) is 19.9 Å². The predicted octanol–water partition coefficient (Wildman–Crippen LogP) is 0.878. The third-order valence-corrected chi connectivity index (χ3v) is 4.17. The molecule has 0 saturated carbocycles. The van der Waals surface area contributed by atoms with E-state index in [0.717, 1.165) is 0 Å². The molecule has 2 aliphatic heterocycles. The molecule has 10 nitrogen and oxygen atoms in total. The van der Waals surface area contributed by atoms with Crippen LogP contribution in [0.15, 0.2) is 42.1 Å². The second-order valence-electron chi connectivity index (χ2n) is 5.85. The molecular weight excluding hydrogens is 354 g/mol. The molecule has 10 heteroatoms. The average Bonchev–Trinajstić information content (AvgIpc) is 3.32. The van der Waals surface area contributed by atoms with Crippen molar-refractivity contribution < 1.29 is 23.8 Å². The molecule has 1 aromatic heterocycles. The summed E-state index contributed by atoms with van der Waals surface area (Å²) >= 11 is 0. The van der Waals surface area contributed by atoms with Gasteiger partial charge in [0.15, 0.2) is 11.5 Å². The Morgan fingerprint density at radius 1 is 1.37 bits per heavy atom. The molecule has 0 saturated heterocycles. The number of urea groups is 1. The maximum absolute atomic E-state index is 12.7. The van der Waals surface area contributed by atoms with Crippen LogP contribution in [-0.2, 0) is 16.1 Å². The fraction of sp³-hybridized carbons (Fsp3) is 0.294. The Morgan fingerprint density at radius 3 is 3.00 bits per heavy atom. The lowest BCUT2D eigenvalue weighted by Gasteiger charge is -2.29. The second kappa shape index (κ2) is 6.98. The standard InChI is InChI=1S/C17H17N5O5/c1-2-25-16(23)14-11(6-22-8-18-7-19-22)20-17(24)21-15(14)10-3-4-12-13(5-10)27-9-26-12/h3-5,7-8,15H,2,6,9H2,1H3,(H2,20,21,24)/t15-/m1/s1. The van der Waals surface area contributed by atoms with Crippen LogP contribution in [0.4, 0.5) is 4.79 Å². The molecule has 0 unspecified atom stereocenters. The van der Waals surface area contributed by atoms with Crippen molar-refractivity contribution in [2.45, 2.75) is 19.5 Å². The Hall–Kier alpha value is -3.56. The van der Waals surface area contributed by atoms with Gasteiger partial charge in [-0.05, 0) is 24.6 Å². The lowest BCUT2D eigenvalue weighted by molar-refractivity contribution is -0.139. The molecular formula is C17H17N5O5. The van der Waals surface area contributed by atoms with Crippen molar-refractivity contribution in [2.24, 2.45) is 0 Å². The molecule has 0 aliphatic carbocycles. The highest BCUT2D eigenvalue weighted by molar-refractivity contribution is 5.95. The number of hydrogen-bond donors (Lipinski definition) is 2. The lowest BCUT2D eigenvalue weighted by atomic mass is 9.94. The molecule has 2 aliphatic rings. The van der Waals surface area contributed by atoms with E-state index in [4.69, 9.17) is 14.2 Å². The summed E-state index contributed by atoms with van der Waals surface area (Å²) in [5.41, 5.74) is 1.37. The van der Waals surface area contributed by atoms with Crippen molar-refractivity contribution in [2.75, 3.05) is 13.4 Å². The first-order chi connectivity index (χ1) is 13.2. The maximum atomic E-state index is 12.7. The summed E-state index contributed by atoms with van der Waals surface area (Å²) < 4.78 is 17.5. The Labute approximate surface area is 154 Å². The van der Waals surface area contributed by atoms with Crippen molar-refractivity contribution >= 4 is 12.0 Å². The molecule has 3 heterocycles. The van der Waals surface area contributed by atoms with Crippen LogP contribution in [0, 0.1) is 0 Å². The minimum absolute atomic E-state index is 0.134. The number of aromatic nitrogens is 3. The monoisotopic (exact) mass is 371 g/mol. The van der Waals surface area contributed by atoms with Crippen molar-refractivity contribution in [3.63, 3.8) is 0 Å². The molecule has 4 rings (SSSR count). The minimum atomic E-state index is -0.703. The summed E-state index contributed by atoms with van der Waals surface area (Å²) in [7, 11) is 0. The summed E-state index contributed by atoms with van der Waals surface area (Å²) in [6.45, 7) is 2.23. The van der Waals surface area contributed by atoms with Gasteiger partial charge >= 0.3 is 12.0 Å². The quantitative estimate of drug-likeness (QED) is 0.749. The van der Waals surface area contributed by atoms with E-state index < -0.39 is 18.0 Å². The number of ether oxygens (including phenoxy) is 3. The number of fused-ring (bicyclic) bond motifs is 1. The molecule has 1 atom stereocenters. The molecule has 140 valence electrons. The number of nitrogens with one attached hydrogen (secondary N) is 2. The number of esters is 1. The SMILES string of the molecule is CCOC(=O)C1=C(Cn2cncn2)NC(=O)N[C@@H]1c1ccc2c(c1)OCO2. The fourth-order valence-electron chi connectivity index (χ4n) is 3.01. The van der Waals surface area contributed by atoms with E-state index in [9.17, 15) is 9.59 Å². The van der Waals surface area contributed by atoms with Gasteiger partial charge in [-0.25, -0.2) is 19.3 Å². The van der Waals surface area contributed by atoms with Gasteiger partial charge in [-0.3, -0.25) is 0 Å². The summed E-state index contributed by atoms with van der Waals surface area (Å²) in [6, 6.07) is 4.12. The molecule has 2 amide bonds. The number of hydrogen-bond acceptors (Lipinski definition) is 7. The van der Waals surface area contributed by atoms with Crippen LogP contribution in [0.25, 0.3) is 0 Å². The van der Waals surface area contributed by atoms with Crippen molar-refractivity contribution in [1.82, 2.24) is 25.4 Å². The van der Waals surface area contributed by atoms with Gasteiger partial charge in [0.2, 0.25) is 6.79 Å². The van der Waals surface area contributed by atoms with Gasteiger partial charge in [0.1, 0.15) is 12.7 Å². The summed E-state index contributed by atoms with van der Waals surface area (Å²) in [4.78, 5) is 28.8. The molecule has 0 radical (unpaired) electrons. The number of nitrogens with zero attached hydrogens (tertiary/aromatic N) is 3. The Kier molecular flexibility index (Phi) is 4.37. The van der Waals surface area contributed by atoms with Gasteiger partial charge in [-0.15, -0.1) is 0 Å². The van der Waals surface area contributed by atoms with Crippen LogP contribution < -0.4 is 20.1 Å². The van der Waals surface area contributed by atoms with E-state index in [1.165, 1.54) is 17.3 Å². The molecule has 2 aromatic rings. The van der Waals surface area contributed by atoms with Gasteiger partial charge in [-0.1, -0.05) is 6.07 Å². The normalized spacial score (nSPS) is 18.1. The van der Waals surface area contributed by atoms with Crippen LogP contribution >= 0.6 is 0 Å². The third-order valence-electron chi connectivity index (χ3n) is 4.17. The summed E-state index contributed by atoms with van der Waals surface area (Å²) in [6.07, 6.45) is 2.88. The van der Waals surface area contributed by atoms with E-state index >= 15 is 0 Å². The Morgan fingerprint density at radius 2 is 2.22 bits per heavy atom. The first-order valence-electron chi connectivity index (χ1n) is 8.35. The largest absolute Gasteiger partial charge is 0.463 e. The van der Waals surface area contributed by atoms with Gasteiger partial charge in [0, 0.05) is 0 Å². The first-order valence-corrected chi connectivity index (χ1v) is 8.35. The van der Waals surface area contributed by atoms with E-state index in [0.29, 0.717) is 28.3 Å². The van der Waals surface area contributed by atoms with Gasteiger partial charge in [0.25, 0.3) is 0 Å². The topological polar surface area (TPSA) is 117 Å². The van der Waals surface area contributed by atoms with Gasteiger partial charge in [0.05, 0.1) is 30.5 Å². The van der Waals surface area contributed by atoms with E-state index in [1.807, 2.05) is 0 Å². The third kappa shape index (κ3) is 3.28. The van der Waals surface area contributed by atoms with Crippen LogP contribution in [0.3, 0.4) is 0 Å². The average molecular weight is 371 g/mol. The number of allylic oxidation sites excluding steroid dienone is 1. The Balaban J connectivity index is 1.77. The zero-order chi connectivity index (χ0) is 18.8. The Bertz CT molecular complexity index is 908. The molecule has 2 N–H and O–H groups in total. The molecule has 0 spiro atoms.